The highest BCUT2D eigenvalue weighted by atomic mass is 19.4. The topological polar surface area (TPSA) is 64.4 Å². The minimum atomic E-state index is -4.70. The Hall–Kier alpha value is -1.67. The quantitative estimate of drug-likeness (QED) is 0.852. The Bertz CT molecular complexity index is 537. The van der Waals surface area contributed by atoms with Gasteiger partial charge in [0.2, 0.25) is 0 Å². The van der Waals surface area contributed by atoms with Crippen LogP contribution in [0.2, 0.25) is 0 Å². The van der Waals surface area contributed by atoms with Crippen LogP contribution in [0.4, 0.5) is 13.2 Å². The molecule has 0 spiro atoms. The molecule has 2 atom stereocenters. The summed E-state index contributed by atoms with van der Waals surface area (Å²) in [5.74, 6) is -0.136. The fourth-order valence-electron chi connectivity index (χ4n) is 1.83. The van der Waals surface area contributed by atoms with Gasteiger partial charge in [0.1, 0.15) is 0 Å². The third kappa shape index (κ3) is 3.07. The predicted octanol–water partition coefficient (Wildman–Crippen LogP) is 1.42. The summed E-state index contributed by atoms with van der Waals surface area (Å²) in [7, 11) is 0. The zero-order chi connectivity index (χ0) is 14.9. The molecule has 1 aliphatic rings. The number of aromatic nitrogens is 2. The summed E-state index contributed by atoms with van der Waals surface area (Å²) in [6.45, 7) is 0.770. The first-order valence-corrected chi connectivity index (χ1v) is 5.90. The molecular formula is C12H13F3N2O3. The Morgan fingerprint density at radius 3 is 2.95 bits per heavy atom. The molecule has 0 saturated heterocycles. The van der Waals surface area contributed by atoms with Crippen LogP contribution in [0.15, 0.2) is 12.3 Å². The van der Waals surface area contributed by atoms with Gasteiger partial charge in [0.15, 0.2) is 11.9 Å². The molecule has 8 heteroatoms. The Kier molecular flexibility index (Phi) is 3.96. The molecule has 1 aromatic rings. The smallest absolute Gasteiger partial charge is 0.382 e. The third-order valence-electron chi connectivity index (χ3n) is 2.93. The van der Waals surface area contributed by atoms with Crippen LogP contribution < -0.4 is 0 Å². The minimum absolute atomic E-state index is 0.136. The van der Waals surface area contributed by atoms with E-state index in [4.69, 9.17) is 9.84 Å². The number of aliphatic hydroxyl groups is 1. The zero-order valence-corrected chi connectivity index (χ0v) is 10.6. The van der Waals surface area contributed by atoms with E-state index in [1.54, 1.807) is 12.2 Å². The van der Waals surface area contributed by atoms with Crippen molar-refractivity contribution < 1.29 is 27.8 Å². The Balaban J connectivity index is 1.98. The van der Waals surface area contributed by atoms with Crippen molar-refractivity contribution in [3.05, 3.63) is 23.5 Å². The first-order valence-electron chi connectivity index (χ1n) is 5.90. The van der Waals surface area contributed by atoms with Gasteiger partial charge < -0.3 is 9.84 Å². The van der Waals surface area contributed by atoms with Gasteiger partial charge in [-0.15, -0.1) is 0 Å². The van der Waals surface area contributed by atoms with E-state index in [2.05, 4.69) is 5.10 Å². The van der Waals surface area contributed by atoms with E-state index in [1.807, 2.05) is 0 Å². The van der Waals surface area contributed by atoms with Crippen LogP contribution in [0.1, 0.15) is 23.0 Å². The van der Waals surface area contributed by atoms with E-state index in [1.165, 1.54) is 17.8 Å². The fraction of sp³-hybridized carbons (Fsp3) is 0.500. The molecule has 0 aromatic carbocycles. The van der Waals surface area contributed by atoms with Gasteiger partial charge in [-0.25, -0.2) is 0 Å². The van der Waals surface area contributed by atoms with E-state index >= 15 is 0 Å². The molecule has 0 aliphatic carbocycles. The standard InChI is InChI=1S/C12H13F3N2O3/c1-7(18)9-4-16-17-5-8(2-3-10(9)17)20-6-11(19)12(13,14)15/h2-4,8,11,19H,5-6H2,1H3. The van der Waals surface area contributed by atoms with Crippen molar-refractivity contribution in [3.63, 3.8) is 0 Å². The lowest BCUT2D eigenvalue weighted by atomic mass is 10.1. The average Bonchev–Trinajstić information content (AvgIpc) is 2.77. The lowest BCUT2D eigenvalue weighted by Crippen LogP contribution is -2.35. The summed E-state index contributed by atoms with van der Waals surface area (Å²) >= 11 is 0. The van der Waals surface area contributed by atoms with Crippen LogP contribution >= 0.6 is 0 Å². The fourth-order valence-corrected chi connectivity index (χ4v) is 1.83. The maximum atomic E-state index is 12.1. The van der Waals surface area contributed by atoms with Gasteiger partial charge in [-0.3, -0.25) is 9.48 Å². The molecule has 2 unspecified atom stereocenters. The maximum absolute atomic E-state index is 12.1. The van der Waals surface area contributed by atoms with Crippen LogP contribution in [0.5, 0.6) is 0 Å². The number of carbonyl (C=O) groups is 1. The summed E-state index contributed by atoms with van der Waals surface area (Å²) in [5, 5.41) is 12.8. The molecule has 0 radical (unpaired) electrons. The number of ketones is 1. The Labute approximate surface area is 112 Å². The van der Waals surface area contributed by atoms with Gasteiger partial charge >= 0.3 is 6.18 Å². The van der Waals surface area contributed by atoms with Gasteiger partial charge in [-0.05, 0) is 13.0 Å². The Morgan fingerprint density at radius 2 is 2.35 bits per heavy atom. The number of halogens is 3. The van der Waals surface area contributed by atoms with E-state index in [0.29, 0.717) is 11.3 Å². The minimum Gasteiger partial charge on any atom is -0.382 e. The van der Waals surface area contributed by atoms with Crippen molar-refractivity contribution in [2.45, 2.75) is 31.9 Å². The summed E-state index contributed by atoms with van der Waals surface area (Å²) in [6.07, 6.45) is -3.29. The second-order valence-electron chi connectivity index (χ2n) is 4.47. The number of aliphatic hydroxyl groups excluding tert-OH is 1. The molecule has 20 heavy (non-hydrogen) atoms. The van der Waals surface area contributed by atoms with E-state index in [9.17, 15) is 18.0 Å². The van der Waals surface area contributed by atoms with Gasteiger partial charge in [0.25, 0.3) is 0 Å². The van der Waals surface area contributed by atoms with Crippen molar-refractivity contribution in [1.29, 1.82) is 0 Å². The molecule has 5 nitrogen and oxygen atoms in total. The van der Waals surface area contributed by atoms with Crippen LogP contribution in [-0.4, -0.2) is 45.7 Å². The molecule has 0 bridgehead atoms. The number of hydrogen-bond donors (Lipinski definition) is 1. The molecule has 2 heterocycles. The highest BCUT2D eigenvalue weighted by Gasteiger charge is 2.38. The number of fused-ring (bicyclic) bond motifs is 1. The molecule has 1 aromatic heterocycles. The number of hydrogen-bond acceptors (Lipinski definition) is 4. The van der Waals surface area contributed by atoms with Crippen molar-refractivity contribution in [2.75, 3.05) is 6.61 Å². The number of Topliss-reactive ketones (excluding diaryl/α,β-unsaturated/α-hetero) is 1. The maximum Gasteiger partial charge on any atom is 0.416 e. The molecule has 110 valence electrons. The van der Waals surface area contributed by atoms with Crippen LogP contribution in [0.3, 0.4) is 0 Å². The molecular weight excluding hydrogens is 277 g/mol. The van der Waals surface area contributed by atoms with Gasteiger partial charge in [0, 0.05) is 0 Å². The molecule has 0 fully saturated rings. The number of carbonyl (C=O) groups excluding carboxylic acids is 1. The number of nitrogens with zero attached hydrogens (tertiary/aromatic N) is 2. The SMILES string of the molecule is CC(=O)c1cnn2c1C=CC(OCC(O)C(F)(F)F)C2. The van der Waals surface area contributed by atoms with Gasteiger partial charge in [0.05, 0.1) is 36.7 Å². The number of alkyl halides is 3. The van der Waals surface area contributed by atoms with Gasteiger partial charge in [-0.1, -0.05) is 6.08 Å². The van der Waals surface area contributed by atoms with E-state index in [0.717, 1.165) is 0 Å². The van der Waals surface area contributed by atoms with Gasteiger partial charge in [-0.2, -0.15) is 18.3 Å². The zero-order valence-electron chi connectivity index (χ0n) is 10.6. The van der Waals surface area contributed by atoms with Crippen molar-refractivity contribution >= 4 is 11.9 Å². The predicted molar refractivity (Wildman–Crippen MR) is 63.1 cm³/mol. The summed E-state index contributed by atoms with van der Waals surface area (Å²) < 4.78 is 42.9. The van der Waals surface area contributed by atoms with Crippen LogP contribution in [0.25, 0.3) is 6.08 Å². The second kappa shape index (κ2) is 5.37. The second-order valence-corrected chi connectivity index (χ2v) is 4.47. The van der Waals surface area contributed by atoms with Crippen molar-refractivity contribution in [3.8, 4) is 0 Å². The van der Waals surface area contributed by atoms with E-state index < -0.39 is 25.0 Å². The summed E-state index contributed by atoms with van der Waals surface area (Å²) in [4.78, 5) is 11.3. The molecule has 1 N–H and O–H groups in total. The number of ether oxygens (including phenoxy) is 1. The monoisotopic (exact) mass is 290 g/mol. The average molecular weight is 290 g/mol. The van der Waals surface area contributed by atoms with Crippen molar-refractivity contribution in [1.82, 2.24) is 9.78 Å². The lowest BCUT2D eigenvalue weighted by Gasteiger charge is -2.22. The highest BCUT2D eigenvalue weighted by Crippen LogP contribution is 2.22. The van der Waals surface area contributed by atoms with Crippen LogP contribution in [-0.2, 0) is 11.3 Å². The molecule has 0 saturated carbocycles. The van der Waals surface area contributed by atoms with E-state index in [-0.39, 0.29) is 12.3 Å². The lowest BCUT2D eigenvalue weighted by molar-refractivity contribution is -0.220. The first-order chi connectivity index (χ1) is 9.29. The van der Waals surface area contributed by atoms with Crippen molar-refractivity contribution in [2.24, 2.45) is 0 Å². The Morgan fingerprint density at radius 1 is 1.65 bits per heavy atom. The molecule has 1 aliphatic heterocycles. The molecule has 2 rings (SSSR count). The highest BCUT2D eigenvalue weighted by molar-refractivity contribution is 5.97. The summed E-state index contributed by atoms with van der Waals surface area (Å²) in [5.41, 5.74) is 1.06. The first kappa shape index (κ1) is 14.7. The molecule has 0 amide bonds. The normalized spacial score (nSPS) is 19.8. The number of rotatable bonds is 4. The third-order valence-corrected chi connectivity index (χ3v) is 2.93. The van der Waals surface area contributed by atoms with Crippen LogP contribution in [0, 0.1) is 0 Å². The summed E-state index contributed by atoms with van der Waals surface area (Å²) in [6, 6.07) is 0. The largest absolute Gasteiger partial charge is 0.416 e.